The zero-order chi connectivity index (χ0) is 16.2. The van der Waals surface area contributed by atoms with E-state index in [2.05, 4.69) is 12.2 Å². The molecule has 124 valence electrons. The third kappa shape index (κ3) is 8.00. The fourth-order valence-electron chi connectivity index (χ4n) is 1.98. The molecule has 0 radical (unpaired) electrons. The summed E-state index contributed by atoms with van der Waals surface area (Å²) >= 11 is 0. The fourth-order valence-corrected chi connectivity index (χ4v) is 1.98. The Morgan fingerprint density at radius 2 is 1.95 bits per heavy atom. The summed E-state index contributed by atoms with van der Waals surface area (Å²) in [6.07, 6.45) is 1.93. The summed E-state index contributed by atoms with van der Waals surface area (Å²) in [5.74, 6) is 0.904. The molecule has 0 saturated heterocycles. The maximum Gasteiger partial charge on any atom is 0.234 e. The second kappa shape index (κ2) is 11.0. The lowest BCUT2D eigenvalue weighted by Crippen LogP contribution is -2.35. The Bertz CT molecular complexity index is 420. The molecule has 5 heteroatoms. The molecule has 1 rings (SSSR count). The van der Waals surface area contributed by atoms with Crippen molar-refractivity contribution in [2.45, 2.75) is 26.3 Å². The summed E-state index contributed by atoms with van der Waals surface area (Å²) in [5, 5.41) is 2.93. The van der Waals surface area contributed by atoms with Gasteiger partial charge in [0, 0.05) is 26.8 Å². The smallest absolute Gasteiger partial charge is 0.234 e. The first-order valence-corrected chi connectivity index (χ1v) is 7.81. The first-order chi connectivity index (χ1) is 10.7. The number of methoxy groups -OCH3 is 1. The van der Waals surface area contributed by atoms with E-state index < -0.39 is 0 Å². The van der Waals surface area contributed by atoms with Crippen molar-refractivity contribution < 1.29 is 14.3 Å². The van der Waals surface area contributed by atoms with Crippen LogP contribution in [0.4, 0.5) is 0 Å². The summed E-state index contributed by atoms with van der Waals surface area (Å²) in [7, 11) is 3.63. The Morgan fingerprint density at radius 1 is 1.23 bits per heavy atom. The topological polar surface area (TPSA) is 50.8 Å². The van der Waals surface area contributed by atoms with Crippen LogP contribution >= 0.6 is 0 Å². The van der Waals surface area contributed by atoms with E-state index in [0.717, 1.165) is 43.9 Å². The molecule has 0 atom stereocenters. The highest BCUT2D eigenvalue weighted by molar-refractivity contribution is 5.77. The van der Waals surface area contributed by atoms with E-state index in [4.69, 9.17) is 9.47 Å². The van der Waals surface area contributed by atoms with Crippen molar-refractivity contribution in [3.63, 3.8) is 0 Å². The zero-order valence-electron chi connectivity index (χ0n) is 13.9. The van der Waals surface area contributed by atoms with Gasteiger partial charge in [-0.2, -0.15) is 0 Å². The van der Waals surface area contributed by atoms with Crippen molar-refractivity contribution in [1.29, 1.82) is 0 Å². The molecular formula is C17H28N2O3. The molecule has 5 nitrogen and oxygen atoms in total. The minimum Gasteiger partial charge on any atom is -0.494 e. The quantitative estimate of drug-likeness (QED) is 0.636. The SMILES string of the molecule is CCCOc1ccc(CNC(=O)CN(C)CCCOC)cc1. The maximum absolute atomic E-state index is 11.9. The van der Waals surface area contributed by atoms with E-state index >= 15 is 0 Å². The number of rotatable bonds is 11. The number of benzene rings is 1. The number of hydrogen-bond acceptors (Lipinski definition) is 4. The molecule has 1 aromatic carbocycles. The molecule has 0 fully saturated rings. The van der Waals surface area contributed by atoms with Crippen molar-refractivity contribution in [3.05, 3.63) is 29.8 Å². The molecule has 0 heterocycles. The van der Waals surface area contributed by atoms with Gasteiger partial charge in [-0.1, -0.05) is 19.1 Å². The lowest BCUT2D eigenvalue weighted by Gasteiger charge is -2.16. The summed E-state index contributed by atoms with van der Waals surface area (Å²) in [6, 6.07) is 7.84. The molecular weight excluding hydrogens is 280 g/mol. The van der Waals surface area contributed by atoms with Gasteiger partial charge in [0.1, 0.15) is 5.75 Å². The van der Waals surface area contributed by atoms with Gasteiger partial charge in [-0.15, -0.1) is 0 Å². The third-order valence-electron chi connectivity index (χ3n) is 3.19. The number of likely N-dealkylation sites (N-methyl/N-ethyl adjacent to an activating group) is 1. The zero-order valence-corrected chi connectivity index (χ0v) is 13.9. The van der Waals surface area contributed by atoms with Gasteiger partial charge in [0.15, 0.2) is 0 Å². The number of nitrogens with one attached hydrogen (secondary N) is 1. The van der Waals surface area contributed by atoms with Crippen LogP contribution in [0.15, 0.2) is 24.3 Å². The van der Waals surface area contributed by atoms with E-state index in [1.165, 1.54) is 0 Å². The summed E-state index contributed by atoms with van der Waals surface area (Å²) in [6.45, 7) is 5.32. The molecule has 0 bridgehead atoms. The molecule has 0 aliphatic heterocycles. The number of amides is 1. The van der Waals surface area contributed by atoms with Gasteiger partial charge in [-0.3, -0.25) is 9.69 Å². The van der Waals surface area contributed by atoms with Crippen LogP contribution in [0.5, 0.6) is 5.75 Å². The number of hydrogen-bond donors (Lipinski definition) is 1. The Morgan fingerprint density at radius 3 is 2.59 bits per heavy atom. The number of carbonyl (C=O) groups excluding carboxylic acids is 1. The van der Waals surface area contributed by atoms with Gasteiger partial charge in [0.2, 0.25) is 5.91 Å². The van der Waals surface area contributed by atoms with Crippen LogP contribution in [-0.2, 0) is 16.1 Å². The van der Waals surface area contributed by atoms with Gasteiger partial charge < -0.3 is 14.8 Å². The molecule has 0 unspecified atom stereocenters. The standard InChI is InChI=1S/C17H28N2O3/c1-4-11-22-16-8-6-15(7-9-16)13-18-17(20)14-19(2)10-5-12-21-3/h6-9H,4-5,10-14H2,1-3H3,(H,18,20). The monoisotopic (exact) mass is 308 g/mol. The van der Waals surface area contributed by atoms with Crippen LogP contribution in [-0.4, -0.2) is 51.3 Å². The summed E-state index contributed by atoms with van der Waals surface area (Å²) in [4.78, 5) is 13.9. The molecule has 0 aliphatic carbocycles. The predicted molar refractivity (Wildman–Crippen MR) is 88.1 cm³/mol. The lowest BCUT2D eigenvalue weighted by molar-refractivity contribution is -0.122. The highest BCUT2D eigenvalue weighted by Crippen LogP contribution is 2.12. The lowest BCUT2D eigenvalue weighted by atomic mass is 10.2. The van der Waals surface area contributed by atoms with Crippen LogP contribution in [0.3, 0.4) is 0 Å². The number of carbonyl (C=O) groups is 1. The minimum absolute atomic E-state index is 0.0335. The summed E-state index contributed by atoms with van der Waals surface area (Å²) < 4.78 is 10.5. The van der Waals surface area contributed by atoms with Gasteiger partial charge in [-0.05, 0) is 37.6 Å². The van der Waals surface area contributed by atoms with E-state index in [1.54, 1.807) is 7.11 Å². The minimum atomic E-state index is 0.0335. The Kier molecular flexibility index (Phi) is 9.26. The van der Waals surface area contributed by atoms with Crippen molar-refractivity contribution >= 4 is 5.91 Å². The van der Waals surface area contributed by atoms with Crippen molar-refractivity contribution in [2.75, 3.05) is 40.5 Å². The van der Waals surface area contributed by atoms with Gasteiger partial charge in [0.05, 0.1) is 13.2 Å². The largest absolute Gasteiger partial charge is 0.494 e. The molecule has 1 N–H and O–H groups in total. The second-order valence-electron chi connectivity index (χ2n) is 5.35. The molecule has 0 saturated carbocycles. The van der Waals surface area contributed by atoms with E-state index in [1.807, 2.05) is 36.2 Å². The van der Waals surface area contributed by atoms with Gasteiger partial charge >= 0.3 is 0 Å². The van der Waals surface area contributed by atoms with E-state index in [9.17, 15) is 4.79 Å². The second-order valence-corrected chi connectivity index (χ2v) is 5.35. The van der Waals surface area contributed by atoms with Crippen molar-refractivity contribution in [1.82, 2.24) is 10.2 Å². The Hall–Kier alpha value is -1.59. The van der Waals surface area contributed by atoms with Crippen molar-refractivity contribution in [2.24, 2.45) is 0 Å². The van der Waals surface area contributed by atoms with Crippen LogP contribution in [0.2, 0.25) is 0 Å². The van der Waals surface area contributed by atoms with Crippen LogP contribution < -0.4 is 10.1 Å². The highest BCUT2D eigenvalue weighted by atomic mass is 16.5. The predicted octanol–water partition coefficient (Wildman–Crippen LogP) is 2.06. The van der Waals surface area contributed by atoms with E-state index in [-0.39, 0.29) is 5.91 Å². The normalized spacial score (nSPS) is 10.7. The van der Waals surface area contributed by atoms with E-state index in [0.29, 0.717) is 13.1 Å². The molecule has 0 aromatic heterocycles. The van der Waals surface area contributed by atoms with Gasteiger partial charge in [0.25, 0.3) is 0 Å². The Labute approximate surface area is 133 Å². The van der Waals surface area contributed by atoms with Crippen LogP contribution in [0.1, 0.15) is 25.3 Å². The Balaban J connectivity index is 2.25. The van der Waals surface area contributed by atoms with Crippen LogP contribution in [0.25, 0.3) is 0 Å². The molecule has 0 aliphatic rings. The molecule has 22 heavy (non-hydrogen) atoms. The average molecular weight is 308 g/mol. The molecule has 1 amide bonds. The fraction of sp³-hybridized carbons (Fsp3) is 0.588. The van der Waals surface area contributed by atoms with Crippen molar-refractivity contribution in [3.8, 4) is 5.75 Å². The highest BCUT2D eigenvalue weighted by Gasteiger charge is 2.06. The third-order valence-corrected chi connectivity index (χ3v) is 3.19. The van der Waals surface area contributed by atoms with Gasteiger partial charge in [-0.25, -0.2) is 0 Å². The molecule has 1 aromatic rings. The number of ether oxygens (including phenoxy) is 2. The molecule has 0 spiro atoms. The first-order valence-electron chi connectivity index (χ1n) is 7.81. The average Bonchev–Trinajstić information content (AvgIpc) is 2.52. The summed E-state index contributed by atoms with van der Waals surface area (Å²) in [5.41, 5.74) is 1.07. The maximum atomic E-state index is 11.9. The first kappa shape index (κ1) is 18.5. The number of nitrogens with zero attached hydrogens (tertiary/aromatic N) is 1. The van der Waals surface area contributed by atoms with Crippen LogP contribution in [0, 0.1) is 0 Å².